The van der Waals surface area contributed by atoms with E-state index in [9.17, 15) is 0 Å². The van der Waals surface area contributed by atoms with E-state index in [1.165, 1.54) is 0 Å². The SMILES string of the molecule is COc1ccc([As])c(OC)c1OC. The van der Waals surface area contributed by atoms with E-state index < -0.39 is 0 Å². The summed E-state index contributed by atoms with van der Waals surface area (Å²) in [6.07, 6.45) is 0. The van der Waals surface area contributed by atoms with E-state index in [1.54, 1.807) is 21.3 Å². The first kappa shape index (κ1) is 10.3. The molecule has 0 unspecified atom stereocenters. The van der Waals surface area contributed by atoms with Crippen molar-refractivity contribution in [3.8, 4) is 17.2 Å². The first-order valence-corrected chi connectivity index (χ1v) is 4.66. The Kier molecular flexibility index (Phi) is 3.49. The number of benzene rings is 1. The van der Waals surface area contributed by atoms with Gasteiger partial charge in [-0.05, 0) is 0 Å². The Morgan fingerprint density at radius 1 is 0.923 bits per heavy atom. The van der Waals surface area contributed by atoms with E-state index in [-0.39, 0.29) is 0 Å². The number of ether oxygens (including phenoxy) is 3. The van der Waals surface area contributed by atoms with Gasteiger partial charge in [-0.1, -0.05) is 0 Å². The van der Waals surface area contributed by atoms with Gasteiger partial charge >= 0.3 is 86.1 Å². The van der Waals surface area contributed by atoms with Crippen LogP contribution in [-0.2, 0) is 0 Å². The van der Waals surface area contributed by atoms with Crippen LogP contribution in [0.15, 0.2) is 12.1 Å². The fraction of sp³-hybridized carbons (Fsp3) is 0.333. The fourth-order valence-electron chi connectivity index (χ4n) is 1.09. The standard InChI is InChI=1S/C9H11AsO3/c1-11-7-5-4-6(10)8(12-2)9(7)13-3/h4-5H,1-3H3. The van der Waals surface area contributed by atoms with Crippen LogP contribution in [0.1, 0.15) is 0 Å². The second-order valence-corrected chi connectivity index (χ2v) is 3.36. The first-order chi connectivity index (χ1) is 6.24. The normalized spacial score (nSPS) is 9.54. The zero-order chi connectivity index (χ0) is 9.84. The summed E-state index contributed by atoms with van der Waals surface area (Å²) in [7, 11) is 4.79. The minimum atomic E-state index is 0.628. The summed E-state index contributed by atoms with van der Waals surface area (Å²) in [6, 6.07) is 3.75. The van der Waals surface area contributed by atoms with E-state index in [0.29, 0.717) is 17.2 Å². The molecular formula is C9H11AsO3. The quantitative estimate of drug-likeness (QED) is 0.722. The van der Waals surface area contributed by atoms with Gasteiger partial charge in [0.25, 0.3) is 0 Å². The van der Waals surface area contributed by atoms with Crippen LogP contribution < -0.4 is 18.6 Å². The van der Waals surface area contributed by atoms with E-state index >= 15 is 0 Å². The number of hydrogen-bond donors (Lipinski definition) is 0. The van der Waals surface area contributed by atoms with Crippen molar-refractivity contribution in [3.63, 3.8) is 0 Å². The average molecular weight is 242 g/mol. The minimum absolute atomic E-state index is 0.628. The van der Waals surface area contributed by atoms with Crippen molar-refractivity contribution in [1.82, 2.24) is 0 Å². The van der Waals surface area contributed by atoms with Gasteiger partial charge < -0.3 is 0 Å². The summed E-state index contributed by atoms with van der Waals surface area (Å²) in [5, 5.41) is 0. The van der Waals surface area contributed by atoms with Gasteiger partial charge in [-0.3, -0.25) is 0 Å². The molecule has 70 valence electrons. The van der Waals surface area contributed by atoms with Crippen molar-refractivity contribution in [2.24, 2.45) is 0 Å². The van der Waals surface area contributed by atoms with Gasteiger partial charge in [-0.15, -0.1) is 0 Å². The summed E-state index contributed by atoms with van der Waals surface area (Å²) in [6.45, 7) is 0. The molecule has 0 aliphatic carbocycles. The van der Waals surface area contributed by atoms with E-state index in [1.807, 2.05) is 12.1 Å². The van der Waals surface area contributed by atoms with E-state index in [2.05, 4.69) is 16.9 Å². The molecule has 13 heavy (non-hydrogen) atoms. The summed E-state index contributed by atoms with van der Waals surface area (Å²) in [5.41, 5.74) is 0. The van der Waals surface area contributed by atoms with Gasteiger partial charge in [0.1, 0.15) is 0 Å². The van der Waals surface area contributed by atoms with Gasteiger partial charge in [-0.2, -0.15) is 0 Å². The molecule has 2 radical (unpaired) electrons. The van der Waals surface area contributed by atoms with Crippen molar-refractivity contribution in [1.29, 1.82) is 0 Å². The van der Waals surface area contributed by atoms with Gasteiger partial charge in [0.15, 0.2) is 0 Å². The van der Waals surface area contributed by atoms with E-state index in [0.717, 1.165) is 4.35 Å². The molecule has 0 saturated heterocycles. The van der Waals surface area contributed by atoms with Crippen LogP contribution in [0.4, 0.5) is 0 Å². The van der Waals surface area contributed by atoms with Crippen LogP contribution in [0.25, 0.3) is 0 Å². The molecule has 0 N–H and O–H groups in total. The number of rotatable bonds is 3. The van der Waals surface area contributed by atoms with Crippen molar-refractivity contribution >= 4 is 21.2 Å². The molecule has 0 aliphatic heterocycles. The third-order valence-electron chi connectivity index (χ3n) is 1.68. The summed E-state index contributed by atoms with van der Waals surface area (Å²) in [5.74, 6) is 2.00. The second kappa shape index (κ2) is 4.42. The Hall–Kier alpha value is -0.822. The monoisotopic (exact) mass is 242 g/mol. The second-order valence-electron chi connectivity index (χ2n) is 2.35. The summed E-state index contributed by atoms with van der Waals surface area (Å²) in [4.78, 5) is 0. The van der Waals surface area contributed by atoms with E-state index in [4.69, 9.17) is 14.2 Å². The molecule has 4 heteroatoms. The fourth-order valence-corrected chi connectivity index (χ4v) is 1.65. The predicted molar refractivity (Wildman–Crippen MR) is 51.5 cm³/mol. The van der Waals surface area contributed by atoms with Crippen molar-refractivity contribution in [3.05, 3.63) is 12.1 Å². The molecule has 0 heterocycles. The topological polar surface area (TPSA) is 27.7 Å². The molecular weight excluding hydrogens is 231 g/mol. The van der Waals surface area contributed by atoms with Crippen LogP contribution in [-0.4, -0.2) is 38.2 Å². The first-order valence-electron chi connectivity index (χ1n) is 3.72. The van der Waals surface area contributed by atoms with Crippen LogP contribution in [0.5, 0.6) is 17.2 Å². The molecule has 3 nitrogen and oxygen atoms in total. The summed E-state index contributed by atoms with van der Waals surface area (Å²) < 4.78 is 16.5. The van der Waals surface area contributed by atoms with Crippen molar-refractivity contribution < 1.29 is 14.2 Å². The Morgan fingerprint density at radius 2 is 1.54 bits per heavy atom. The Balaban J connectivity index is 3.27. The molecule has 0 atom stereocenters. The van der Waals surface area contributed by atoms with Gasteiger partial charge in [0, 0.05) is 0 Å². The Bertz CT molecular complexity index is 299. The molecule has 1 aromatic carbocycles. The third kappa shape index (κ3) is 1.91. The van der Waals surface area contributed by atoms with Crippen molar-refractivity contribution in [2.45, 2.75) is 0 Å². The molecule has 0 fully saturated rings. The molecule has 0 spiro atoms. The van der Waals surface area contributed by atoms with Crippen LogP contribution in [0.3, 0.4) is 0 Å². The van der Waals surface area contributed by atoms with Gasteiger partial charge in [0.05, 0.1) is 0 Å². The maximum atomic E-state index is 5.19. The van der Waals surface area contributed by atoms with Crippen LogP contribution in [0.2, 0.25) is 0 Å². The van der Waals surface area contributed by atoms with Crippen molar-refractivity contribution in [2.75, 3.05) is 21.3 Å². The van der Waals surface area contributed by atoms with Crippen LogP contribution >= 0.6 is 0 Å². The third-order valence-corrected chi connectivity index (χ3v) is 2.42. The summed E-state index contributed by atoms with van der Waals surface area (Å²) >= 11 is 2.42. The van der Waals surface area contributed by atoms with Gasteiger partial charge in [-0.25, -0.2) is 0 Å². The Morgan fingerprint density at radius 3 is 2.00 bits per heavy atom. The molecule has 0 aromatic heterocycles. The molecule has 1 aromatic rings. The number of hydrogen-bond acceptors (Lipinski definition) is 3. The molecule has 1 rings (SSSR count). The van der Waals surface area contributed by atoms with Gasteiger partial charge in [0.2, 0.25) is 0 Å². The zero-order valence-electron chi connectivity index (χ0n) is 7.83. The molecule has 0 bridgehead atoms. The Labute approximate surface area is 86.5 Å². The predicted octanol–water partition coefficient (Wildman–Crippen LogP) is 0.506. The molecule has 0 amide bonds. The average Bonchev–Trinajstić information content (AvgIpc) is 2.17. The molecule has 0 aliphatic rings. The maximum absolute atomic E-state index is 5.19. The molecule has 0 saturated carbocycles. The van der Waals surface area contributed by atoms with Crippen LogP contribution in [0, 0.1) is 0 Å². The number of methoxy groups -OCH3 is 3. The zero-order valence-corrected chi connectivity index (χ0v) is 9.70.